The van der Waals surface area contributed by atoms with E-state index in [0.29, 0.717) is 13.1 Å². The zero-order chi connectivity index (χ0) is 8.74. The summed E-state index contributed by atoms with van der Waals surface area (Å²) in [4.78, 5) is 0. The van der Waals surface area contributed by atoms with Crippen LogP contribution in [0.4, 0.5) is 0 Å². The molecule has 0 rings (SSSR count). The third kappa shape index (κ3) is 6.47. The van der Waals surface area contributed by atoms with Crippen LogP contribution in [0.3, 0.4) is 0 Å². The van der Waals surface area contributed by atoms with E-state index in [2.05, 4.69) is 0 Å². The molecular weight excluding hydrogens is 167 g/mol. The van der Waals surface area contributed by atoms with Crippen LogP contribution in [0.15, 0.2) is 0 Å². The molecule has 68 valence electrons. The first-order valence-corrected chi connectivity index (χ1v) is 5.38. The van der Waals surface area contributed by atoms with Gasteiger partial charge in [-0.2, -0.15) is 0 Å². The van der Waals surface area contributed by atoms with Gasteiger partial charge in [0.15, 0.2) is 0 Å². The highest BCUT2D eigenvalue weighted by atomic mass is 31.2. The van der Waals surface area contributed by atoms with Gasteiger partial charge in [-0.15, -0.1) is 0 Å². The zero-order valence-corrected chi connectivity index (χ0v) is 7.55. The Morgan fingerprint density at radius 2 is 1.55 bits per heavy atom. The van der Waals surface area contributed by atoms with Gasteiger partial charge < -0.3 is 20.5 Å². The summed E-state index contributed by atoms with van der Waals surface area (Å²) in [6.45, 7) is 2.57. The van der Waals surface area contributed by atoms with Gasteiger partial charge >= 0.3 is 7.60 Å². The Balaban J connectivity index is 3.53. The van der Waals surface area contributed by atoms with Gasteiger partial charge in [-0.3, -0.25) is 4.57 Å². The molecule has 0 unspecified atom stereocenters. The molecule has 4 N–H and O–H groups in total. The van der Waals surface area contributed by atoms with Crippen LogP contribution in [0.5, 0.6) is 0 Å². The lowest BCUT2D eigenvalue weighted by Crippen LogP contribution is -2.11. The van der Waals surface area contributed by atoms with E-state index < -0.39 is 7.60 Å². The van der Waals surface area contributed by atoms with E-state index in [4.69, 9.17) is 20.5 Å². The third-order valence-electron chi connectivity index (χ3n) is 0.887. The molecular formula is C5H15N2O3P. The molecule has 5 nitrogen and oxygen atoms in total. The largest absolute Gasteiger partial charge is 0.328 e. The quantitative estimate of drug-likeness (QED) is 0.553. The topological polar surface area (TPSA) is 87.6 Å². The molecule has 0 radical (unpaired) electrons. The smallest absolute Gasteiger partial charge is 0.327 e. The summed E-state index contributed by atoms with van der Waals surface area (Å²) in [5.41, 5.74) is 10.3. The van der Waals surface area contributed by atoms with Gasteiger partial charge in [0.25, 0.3) is 0 Å². The van der Waals surface area contributed by atoms with Crippen LogP contribution in [0, 0.1) is 0 Å². The third-order valence-corrected chi connectivity index (χ3v) is 2.19. The van der Waals surface area contributed by atoms with E-state index in [9.17, 15) is 4.57 Å². The first-order valence-electron chi connectivity index (χ1n) is 3.39. The van der Waals surface area contributed by atoms with Crippen LogP contribution >= 0.6 is 7.60 Å². The normalized spacial score (nSPS) is 11.9. The van der Waals surface area contributed by atoms with Crippen molar-refractivity contribution in [3.63, 3.8) is 0 Å². The number of rotatable bonds is 6. The van der Waals surface area contributed by atoms with Crippen molar-refractivity contribution in [2.75, 3.05) is 33.0 Å². The van der Waals surface area contributed by atoms with Gasteiger partial charge in [0.05, 0.1) is 13.2 Å². The molecule has 0 saturated carbocycles. The second-order valence-electron chi connectivity index (χ2n) is 2.02. The fraction of sp³-hybridized carbons (Fsp3) is 1.00. The van der Waals surface area contributed by atoms with Crippen molar-refractivity contribution in [2.24, 2.45) is 11.5 Å². The maximum atomic E-state index is 11.2. The van der Waals surface area contributed by atoms with Gasteiger partial charge in [-0.1, -0.05) is 0 Å². The van der Waals surface area contributed by atoms with Gasteiger partial charge in [0.2, 0.25) is 0 Å². The van der Waals surface area contributed by atoms with Crippen molar-refractivity contribution in [1.29, 1.82) is 0 Å². The fourth-order valence-corrected chi connectivity index (χ4v) is 1.42. The highest BCUT2D eigenvalue weighted by molar-refractivity contribution is 7.52. The van der Waals surface area contributed by atoms with Crippen molar-refractivity contribution in [3.05, 3.63) is 0 Å². The predicted molar refractivity (Wildman–Crippen MR) is 43.5 cm³/mol. The average Bonchev–Trinajstić information content (AvgIpc) is 1.97. The molecule has 0 aromatic rings. The van der Waals surface area contributed by atoms with Gasteiger partial charge in [-0.05, 0) is 0 Å². The molecule has 0 amide bonds. The lowest BCUT2D eigenvalue weighted by Gasteiger charge is -2.12. The average molecular weight is 182 g/mol. The molecule has 0 atom stereocenters. The Kier molecular flexibility index (Phi) is 5.72. The van der Waals surface area contributed by atoms with Crippen molar-refractivity contribution in [3.8, 4) is 0 Å². The Bertz CT molecular complexity index is 130. The summed E-state index contributed by atoms with van der Waals surface area (Å²) in [5, 5.41) is 0. The molecule has 0 aliphatic rings. The van der Waals surface area contributed by atoms with E-state index in [0.717, 1.165) is 0 Å². The molecule has 6 heteroatoms. The Hall–Kier alpha value is 0.0700. The minimum absolute atomic E-state index is 0.248. The number of nitrogens with two attached hydrogens (primary N) is 2. The van der Waals surface area contributed by atoms with Crippen LogP contribution in [-0.4, -0.2) is 33.0 Å². The minimum atomic E-state index is -2.89. The van der Waals surface area contributed by atoms with Crippen molar-refractivity contribution in [1.82, 2.24) is 0 Å². The first kappa shape index (κ1) is 11.1. The molecule has 0 heterocycles. The second kappa shape index (κ2) is 5.69. The van der Waals surface area contributed by atoms with Gasteiger partial charge in [0.1, 0.15) is 0 Å². The van der Waals surface area contributed by atoms with E-state index in [-0.39, 0.29) is 13.2 Å². The van der Waals surface area contributed by atoms with Gasteiger partial charge in [0, 0.05) is 19.8 Å². The fourth-order valence-electron chi connectivity index (χ4n) is 0.474. The van der Waals surface area contributed by atoms with Crippen molar-refractivity contribution < 1.29 is 13.6 Å². The summed E-state index contributed by atoms with van der Waals surface area (Å²) in [5.74, 6) is 0. The summed E-state index contributed by atoms with van der Waals surface area (Å²) < 4.78 is 20.8. The Labute approximate surface area is 66.6 Å². The monoisotopic (exact) mass is 182 g/mol. The SMILES string of the molecule is CP(=O)(OCCN)OCCN. The zero-order valence-electron chi connectivity index (χ0n) is 6.66. The van der Waals surface area contributed by atoms with E-state index in [1.807, 2.05) is 0 Å². The lowest BCUT2D eigenvalue weighted by molar-refractivity contribution is 0.217. The minimum Gasteiger partial charge on any atom is -0.328 e. The van der Waals surface area contributed by atoms with E-state index >= 15 is 0 Å². The summed E-state index contributed by atoms with van der Waals surface area (Å²) in [7, 11) is -2.89. The first-order chi connectivity index (χ1) is 5.12. The maximum absolute atomic E-state index is 11.2. The maximum Gasteiger partial charge on any atom is 0.327 e. The molecule has 0 aromatic heterocycles. The number of hydrogen-bond acceptors (Lipinski definition) is 5. The molecule has 0 fully saturated rings. The molecule has 0 spiro atoms. The van der Waals surface area contributed by atoms with Crippen molar-refractivity contribution >= 4 is 7.60 Å². The Morgan fingerprint density at radius 1 is 1.18 bits per heavy atom. The van der Waals surface area contributed by atoms with Crippen LogP contribution in [0.1, 0.15) is 0 Å². The number of hydrogen-bond donors (Lipinski definition) is 2. The predicted octanol–water partition coefficient (Wildman–Crippen LogP) is -0.240. The second-order valence-corrected chi connectivity index (χ2v) is 4.07. The van der Waals surface area contributed by atoms with Crippen LogP contribution in [0.25, 0.3) is 0 Å². The highest BCUT2D eigenvalue weighted by Gasteiger charge is 2.14. The Morgan fingerprint density at radius 3 is 1.82 bits per heavy atom. The van der Waals surface area contributed by atoms with E-state index in [1.165, 1.54) is 6.66 Å². The van der Waals surface area contributed by atoms with Gasteiger partial charge in [-0.25, -0.2) is 0 Å². The van der Waals surface area contributed by atoms with Crippen LogP contribution < -0.4 is 11.5 Å². The lowest BCUT2D eigenvalue weighted by atomic mass is 10.8. The molecule has 11 heavy (non-hydrogen) atoms. The highest BCUT2D eigenvalue weighted by Crippen LogP contribution is 2.42. The summed E-state index contributed by atoms with van der Waals surface area (Å²) in [6, 6.07) is 0. The van der Waals surface area contributed by atoms with Crippen LogP contribution in [0.2, 0.25) is 0 Å². The molecule has 0 aliphatic carbocycles. The standard InChI is InChI=1S/C5H15N2O3P/c1-11(8,9-4-2-6)10-5-3-7/h2-7H2,1H3. The summed E-state index contributed by atoms with van der Waals surface area (Å²) >= 11 is 0. The molecule has 0 bridgehead atoms. The van der Waals surface area contributed by atoms with Crippen molar-refractivity contribution in [2.45, 2.75) is 0 Å². The van der Waals surface area contributed by atoms with Crippen LogP contribution in [-0.2, 0) is 13.6 Å². The molecule has 0 aromatic carbocycles. The summed E-state index contributed by atoms with van der Waals surface area (Å²) in [6.07, 6.45) is 0. The van der Waals surface area contributed by atoms with E-state index in [1.54, 1.807) is 0 Å². The molecule has 0 saturated heterocycles. The molecule has 0 aliphatic heterocycles.